The second-order valence-corrected chi connectivity index (χ2v) is 9.39. The molecule has 1 aliphatic heterocycles. The molecule has 0 radical (unpaired) electrons. The van der Waals surface area contributed by atoms with E-state index >= 15 is 0 Å². The molecule has 1 aromatic rings. The van der Waals surface area contributed by atoms with Crippen LogP contribution in [0.25, 0.3) is 0 Å². The lowest BCUT2D eigenvalue weighted by Gasteiger charge is -2.32. The highest BCUT2D eigenvalue weighted by Gasteiger charge is 2.43. The van der Waals surface area contributed by atoms with E-state index in [-0.39, 0.29) is 31.5 Å². The Labute approximate surface area is 163 Å². The van der Waals surface area contributed by atoms with Gasteiger partial charge >= 0.3 is 0 Å². The van der Waals surface area contributed by atoms with Crippen molar-refractivity contribution >= 4 is 15.9 Å². The zero-order chi connectivity index (χ0) is 20.5. The minimum atomic E-state index is -4.28. The zero-order valence-corrected chi connectivity index (χ0v) is 16.4. The van der Waals surface area contributed by atoms with E-state index in [2.05, 4.69) is 11.4 Å². The highest BCUT2D eigenvalue weighted by Crippen LogP contribution is 2.39. The Morgan fingerprint density at radius 2 is 1.89 bits per heavy atom. The second-order valence-electron chi connectivity index (χ2n) is 7.52. The van der Waals surface area contributed by atoms with Gasteiger partial charge in [-0.1, -0.05) is 6.07 Å². The fourth-order valence-corrected chi connectivity index (χ4v) is 5.07. The number of benzene rings is 1. The number of amides is 1. The molecule has 3 rings (SSSR count). The van der Waals surface area contributed by atoms with Crippen molar-refractivity contribution in [2.75, 3.05) is 32.7 Å². The normalized spacial score (nSPS) is 20.9. The van der Waals surface area contributed by atoms with Crippen LogP contribution in [0, 0.1) is 28.9 Å². The van der Waals surface area contributed by atoms with E-state index in [9.17, 15) is 27.3 Å². The molecule has 2 aliphatic rings. The summed E-state index contributed by atoms with van der Waals surface area (Å²) in [6.07, 6.45) is 1.83. The first-order chi connectivity index (χ1) is 13.2. The summed E-state index contributed by atoms with van der Waals surface area (Å²) in [5.41, 5.74) is -0.871. The maximum absolute atomic E-state index is 13.9. The molecule has 2 fully saturated rings. The average molecular weight is 413 g/mol. The number of nitrogens with zero attached hydrogens (tertiary/aromatic N) is 2. The highest BCUT2D eigenvalue weighted by molar-refractivity contribution is 7.89. The molecular weight excluding hydrogens is 390 g/mol. The Bertz CT molecular complexity index is 886. The Kier molecular flexibility index (Phi) is 5.70. The van der Waals surface area contributed by atoms with Gasteiger partial charge < -0.3 is 10.2 Å². The number of carbonyl (C=O) groups is 1. The van der Waals surface area contributed by atoms with Crippen LogP contribution in [0.2, 0.25) is 0 Å². The van der Waals surface area contributed by atoms with Crippen molar-refractivity contribution in [1.29, 1.82) is 5.26 Å². The fraction of sp³-hybridized carbons (Fsp3) is 0.556. The van der Waals surface area contributed by atoms with E-state index in [4.69, 9.17) is 0 Å². The van der Waals surface area contributed by atoms with Gasteiger partial charge in [-0.05, 0) is 37.8 Å². The largest absolute Gasteiger partial charge is 0.333 e. The van der Waals surface area contributed by atoms with Gasteiger partial charge in [-0.3, -0.25) is 4.79 Å². The van der Waals surface area contributed by atoms with Crippen LogP contribution >= 0.6 is 0 Å². The average Bonchev–Trinajstić information content (AvgIpc) is 3.47. The summed E-state index contributed by atoms with van der Waals surface area (Å²) in [6.45, 7) is 2.59. The molecule has 1 aromatic carbocycles. The molecule has 1 amide bonds. The molecule has 1 saturated heterocycles. The molecule has 10 heteroatoms. The Morgan fingerprint density at radius 3 is 2.39 bits per heavy atom. The molecule has 1 aliphatic carbocycles. The van der Waals surface area contributed by atoms with Gasteiger partial charge in [0.05, 0.1) is 32.2 Å². The lowest BCUT2D eigenvalue weighted by atomic mass is 9.98. The highest BCUT2D eigenvalue weighted by atomic mass is 32.2. The van der Waals surface area contributed by atoms with E-state index in [0.29, 0.717) is 13.1 Å². The number of carbonyl (C=O) groups excluding carboxylic acids is 1. The van der Waals surface area contributed by atoms with Crippen molar-refractivity contribution in [1.82, 2.24) is 9.62 Å². The molecule has 0 spiro atoms. The van der Waals surface area contributed by atoms with Gasteiger partial charge in [-0.25, -0.2) is 17.2 Å². The van der Waals surface area contributed by atoms with Gasteiger partial charge in [-0.2, -0.15) is 9.57 Å². The molecule has 0 unspecified atom stereocenters. The quantitative estimate of drug-likeness (QED) is 0.667. The molecule has 152 valence electrons. The molecule has 1 heterocycles. The molecular formula is C18H23F2N4O3S+. The van der Waals surface area contributed by atoms with Crippen LogP contribution in [0.5, 0.6) is 0 Å². The Balaban J connectivity index is 1.59. The van der Waals surface area contributed by atoms with Crippen LogP contribution in [0.15, 0.2) is 23.1 Å². The summed E-state index contributed by atoms with van der Waals surface area (Å²) in [7, 11) is -4.28. The number of piperazine rings is 1. The van der Waals surface area contributed by atoms with Crippen LogP contribution < -0.4 is 10.2 Å². The van der Waals surface area contributed by atoms with Gasteiger partial charge in [0.15, 0.2) is 11.4 Å². The molecule has 0 bridgehead atoms. The first-order valence-corrected chi connectivity index (χ1v) is 10.6. The van der Waals surface area contributed by atoms with Crippen LogP contribution in [0.4, 0.5) is 8.78 Å². The lowest BCUT2D eigenvalue weighted by molar-refractivity contribution is -0.895. The van der Waals surface area contributed by atoms with Crippen molar-refractivity contribution in [2.45, 2.75) is 30.2 Å². The first kappa shape index (κ1) is 20.6. The summed E-state index contributed by atoms with van der Waals surface area (Å²) in [4.78, 5) is 12.2. The number of halogens is 2. The standard InChI is InChI=1S/C18H22F2N4O3S/c1-18(12-21,13-5-6-13)22-16(25)11-23-7-9-24(10-8-23)28(26,27)17-14(19)3-2-4-15(17)20/h2-4,13H,5-11H2,1H3,(H,22,25)/p+1/t18-/m0/s1. The topological polar surface area (TPSA) is 94.7 Å². The number of sulfonamides is 1. The number of hydrogen-bond acceptors (Lipinski definition) is 4. The van der Waals surface area contributed by atoms with Gasteiger partial charge in [0, 0.05) is 0 Å². The Hall–Kier alpha value is -2.09. The van der Waals surface area contributed by atoms with Crippen LogP contribution in [-0.2, 0) is 14.8 Å². The van der Waals surface area contributed by atoms with Crippen molar-refractivity contribution in [3.8, 4) is 6.07 Å². The fourth-order valence-electron chi connectivity index (χ4n) is 3.52. The Morgan fingerprint density at radius 1 is 1.32 bits per heavy atom. The van der Waals surface area contributed by atoms with Gasteiger partial charge in [0.2, 0.25) is 10.0 Å². The predicted molar refractivity (Wildman–Crippen MR) is 95.6 cm³/mol. The van der Waals surface area contributed by atoms with E-state index in [0.717, 1.165) is 40.2 Å². The second kappa shape index (κ2) is 7.73. The van der Waals surface area contributed by atoms with E-state index in [1.165, 1.54) is 0 Å². The summed E-state index contributed by atoms with van der Waals surface area (Å²) in [5.74, 6) is -2.33. The molecule has 28 heavy (non-hydrogen) atoms. The van der Waals surface area contributed by atoms with Gasteiger partial charge in [0.25, 0.3) is 5.91 Å². The number of rotatable bonds is 6. The summed E-state index contributed by atoms with van der Waals surface area (Å²) in [5, 5.41) is 12.1. The number of nitriles is 1. The number of hydrogen-bond donors (Lipinski definition) is 2. The molecule has 1 saturated carbocycles. The first-order valence-electron chi connectivity index (χ1n) is 9.17. The van der Waals surface area contributed by atoms with E-state index < -0.39 is 32.1 Å². The number of nitrogens with one attached hydrogen (secondary N) is 2. The maximum Gasteiger partial charge on any atom is 0.276 e. The molecule has 7 nitrogen and oxygen atoms in total. The predicted octanol–water partition coefficient (Wildman–Crippen LogP) is -0.338. The van der Waals surface area contributed by atoms with Crippen molar-refractivity contribution in [3.05, 3.63) is 29.8 Å². The minimum Gasteiger partial charge on any atom is -0.333 e. The number of quaternary nitrogens is 1. The molecule has 1 atom stereocenters. The third-order valence-electron chi connectivity index (χ3n) is 5.38. The van der Waals surface area contributed by atoms with Crippen molar-refractivity contribution < 1.29 is 26.9 Å². The van der Waals surface area contributed by atoms with Crippen LogP contribution in [0.3, 0.4) is 0 Å². The van der Waals surface area contributed by atoms with Crippen molar-refractivity contribution in [3.63, 3.8) is 0 Å². The monoisotopic (exact) mass is 413 g/mol. The van der Waals surface area contributed by atoms with Gasteiger partial charge in [0.1, 0.15) is 17.2 Å². The summed E-state index contributed by atoms with van der Waals surface area (Å²) in [6, 6.07) is 5.10. The SMILES string of the molecule is C[C@@](C#N)(NC(=O)C[NH+]1CCN(S(=O)(=O)c2c(F)cccc2F)CC1)C1CC1. The summed E-state index contributed by atoms with van der Waals surface area (Å²) < 4.78 is 54.0. The van der Waals surface area contributed by atoms with E-state index in [1.807, 2.05) is 0 Å². The lowest BCUT2D eigenvalue weighted by Crippen LogP contribution is -3.16. The van der Waals surface area contributed by atoms with E-state index in [1.54, 1.807) is 6.92 Å². The van der Waals surface area contributed by atoms with Gasteiger partial charge in [-0.15, -0.1) is 0 Å². The minimum absolute atomic E-state index is 0.0524. The van der Waals surface area contributed by atoms with Crippen molar-refractivity contribution in [2.24, 2.45) is 5.92 Å². The zero-order valence-electron chi connectivity index (χ0n) is 15.5. The summed E-state index contributed by atoms with van der Waals surface area (Å²) >= 11 is 0. The third kappa shape index (κ3) is 4.16. The van der Waals surface area contributed by atoms with Crippen LogP contribution in [-0.4, -0.2) is 56.9 Å². The molecule has 0 aromatic heterocycles. The maximum atomic E-state index is 13.9. The third-order valence-corrected chi connectivity index (χ3v) is 7.33. The van der Waals surface area contributed by atoms with Crippen LogP contribution in [0.1, 0.15) is 19.8 Å². The molecule has 2 N–H and O–H groups in total. The smallest absolute Gasteiger partial charge is 0.276 e.